The molecule has 2 amide bonds. The first kappa shape index (κ1) is 20.9. The summed E-state index contributed by atoms with van der Waals surface area (Å²) in [4.78, 5) is 27.7. The van der Waals surface area contributed by atoms with Crippen molar-refractivity contribution in [3.05, 3.63) is 99.8 Å². The predicted octanol–water partition coefficient (Wildman–Crippen LogP) is 4.54. The molecule has 7 heteroatoms. The molecule has 5 nitrogen and oxygen atoms in total. The van der Waals surface area contributed by atoms with Gasteiger partial charge in [-0.3, -0.25) is 9.59 Å². The van der Waals surface area contributed by atoms with Crippen LogP contribution < -0.4 is 5.73 Å². The van der Waals surface area contributed by atoms with E-state index >= 15 is 0 Å². The first-order chi connectivity index (χ1) is 14.9. The minimum Gasteiger partial charge on any atom is -0.507 e. The third-order valence-corrected chi connectivity index (χ3v) is 5.81. The van der Waals surface area contributed by atoms with Crippen molar-refractivity contribution in [2.45, 2.75) is 24.9 Å². The Morgan fingerprint density at radius 1 is 1.10 bits per heavy atom. The fraction of sp³-hybridized carbons (Fsp3) is 0.167. The van der Waals surface area contributed by atoms with Crippen LogP contribution in [0.25, 0.3) is 0 Å². The smallest absolute Gasteiger partial charge is 0.259 e. The topological polar surface area (TPSA) is 83.6 Å². The second-order valence-corrected chi connectivity index (χ2v) is 7.89. The lowest BCUT2D eigenvalue weighted by atomic mass is 9.97. The zero-order chi connectivity index (χ0) is 22.1. The lowest BCUT2D eigenvalue weighted by Crippen LogP contribution is -2.43. The van der Waals surface area contributed by atoms with E-state index in [2.05, 4.69) is 0 Å². The molecular formula is C24H20ClFN2O3. The summed E-state index contributed by atoms with van der Waals surface area (Å²) in [5.74, 6) is -1.98. The molecule has 4 rings (SSSR count). The number of hydrogen-bond acceptors (Lipinski definition) is 3. The number of benzene rings is 3. The first-order valence-corrected chi connectivity index (χ1v) is 10.2. The summed E-state index contributed by atoms with van der Waals surface area (Å²) < 4.78 is 14.5. The molecule has 0 spiro atoms. The van der Waals surface area contributed by atoms with Gasteiger partial charge in [-0.25, -0.2) is 4.39 Å². The number of para-hydroxylation sites is 1. The normalized spacial score (nSPS) is 15.9. The lowest BCUT2D eigenvalue weighted by Gasteiger charge is -2.36. The minimum atomic E-state index is -1.12. The van der Waals surface area contributed by atoms with E-state index in [1.54, 1.807) is 48.5 Å². The van der Waals surface area contributed by atoms with Crippen molar-refractivity contribution in [1.29, 1.82) is 0 Å². The molecule has 1 unspecified atom stereocenters. The van der Waals surface area contributed by atoms with Crippen molar-refractivity contribution in [3.8, 4) is 5.75 Å². The van der Waals surface area contributed by atoms with E-state index < -0.39 is 29.7 Å². The summed E-state index contributed by atoms with van der Waals surface area (Å²) in [5.41, 5.74) is 7.32. The van der Waals surface area contributed by atoms with Gasteiger partial charge in [0.2, 0.25) is 5.91 Å². The van der Waals surface area contributed by atoms with E-state index in [1.165, 1.54) is 23.1 Å². The van der Waals surface area contributed by atoms with Gasteiger partial charge in [0.05, 0.1) is 11.6 Å². The molecule has 158 valence electrons. The summed E-state index contributed by atoms with van der Waals surface area (Å²) in [6, 6.07) is 15.9. The van der Waals surface area contributed by atoms with Gasteiger partial charge in [0, 0.05) is 5.02 Å². The molecule has 0 fully saturated rings. The van der Waals surface area contributed by atoms with Gasteiger partial charge in [-0.2, -0.15) is 0 Å². The minimum absolute atomic E-state index is 0.0284. The van der Waals surface area contributed by atoms with Crippen LogP contribution >= 0.6 is 11.6 Å². The quantitative estimate of drug-likeness (QED) is 0.613. The number of fused-ring (bicyclic) bond motifs is 1. The number of primary amides is 1. The Balaban J connectivity index is 1.90. The largest absolute Gasteiger partial charge is 0.507 e. The zero-order valence-corrected chi connectivity index (χ0v) is 17.2. The molecule has 31 heavy (non-hydrogen) atoms. The Labute approximate surface area is 183 Å². The monoisotopic (exact) mass is 438 g/mol. The fourth-order valence-electron chi connectivity index (χ4n) is 4.24. The van der Waals surface area contributed by atoms with Gasteiger partial charge in [0.1, 0.15) is 17.6 Å². The van der Waals surface area contributed by atoms with E-state index in [0.29, 0.717) is 29.5 Å². The van der Waals surface area contributed by atoms with Crippen LogP contribution in [0.3, 0.4) is 0 Å². The average molecular weight is 439 g/mol. The van der Waals surface area contributed by atoms with Crippen LogP contribution in [0.5, 0.6) is 5.75 Å². The average Bonchev–Trinajstić information content (AvgIpc) is 3.16. The molecule has 0 saturated carbocycles. The van der Waals surface area contributed by atoms with Crippen LogP contribution in [0.15, 0.2) is 66.7 Å². The molecule has 0 heterocycles. The molecule has 1 aliphatic carbocycles. The molecule has 3 aromatic rings. The molecule has 2 atom stereocenters. The number of hydrogen-bond donors (Lipinski definition) is 2. The van der Waals surface area contributed by atoms with Crippen molar-refractivity contribution >= 4 is 23.4 Å². The third kappa shape index (κ3) is 3.86. The Bertz CT molecular complexity index is 1150. The highest BCUT2D eigenvalue weighted by Gasteiger charge is 2.40. The zero-order valence-electron chi connectivity index (χ0n) is 16.5. The summed E-state index contributed by atoms with van der Waals surface area (Å²) in [6.07, 6.45) is 0.774. The number of carbonyl (C=O) groups excluding carboxylic acids is 2. The summed E-state index contributed by atoms with van der Waals surface area (Å²) in [6.45, 7) is 0. The summed E-state index contributed by atoms with van der Waals surface area (Å²) in [7, 11) is 0. The van der Waals surface area contributed by atoms with Crippen LogP contribution in [0.4, 0.5) is 4.39 Å². The Hall–Kier alpha value is -3.38. The predicted molar refractivity (Wildman–Crippen MR) is 115 cm³/mol. The van der Waals surface area contributed by atoms with Crippen molar-refractivity contribution in [2.75, 3.05) is 0 Å². The van der Waals surface area contributed by atoms with Crippen molar-refractivity contribution in [3.63, 3.8) is 0 Å². The molecule has 0 radical (unpaired) electrons. The maximum atomic E-state index is 14.5. The van der Waals surface area contributed by atoms with E-state index in [1.807, 2.05) is 0 Å². The number of rotatable bonds is 5. The van der Waals surface area contributed by atoms with Crippen molar-refractivity contribution in [2.24, 2.45) is 5.73 Å². The number of phenols is 1. The molecule has 1 aliphatic rings. The molecule has 0 aliphatic heterocycles. The number of amides is 2. The van der Waals surface area contributed by atoms with Crippen LogP contribution in [0, 0.1) is 5.82 Å². The van der Waals surface area contributed by atoms with Crippen LogP contribution in [-0.4, -0.2) is 21.8 Å². The van der Waals surface area contributed by atoms with E-state index in [9.17, 15) is 19.1 Å². The first-order valence-electron chi connectivity index (χ1n) is 9.81. The number of phenolic OH excluding ortho intramolecular Hbond substituents is 1. The van der Waals surface area contributed by atoms with Gasteiger partial charge < -0.3 is 15.7 Å². The third-order valence-electron chi connectivity index (χ3n) is 5.59. The number of halogens is 2. The number of carbonyl (C=O) groups is 2. The number of nitrogens with zero attached hydrogens (tertiary/aromatic N) is 1. The Morgan fingerprint density at radius 2 is 1.77 bits per heavy atom. The standard InChI is InChI=1S/C24H20ClFN2O3/c25-15-12-18-16(19(26)13-15)10-11-20(18)28(24(31)17-8-4-5-9-21(17)29)22(23(27)30)14-6-2-1-3-7-14/h1-9,12-13,20,22,29H,10-11H2,(H2,27,30)/t20-,22?/m1/s1. The summed E-state index contributed by atoms with van der Waals surface area (Å²) >= 11 is 6.10. The summed E-state index contributed by atoms with van der Waals surface area (Å²) in [5, 5.41) is 10.5. The maximum Gasteiger partial charge on any atom is 0.259 e. The van der Waals surface area contributed by atoms with Gasteiger partial charge >= 0.3 is 0 Å². The van der Waals surface area contributed by atoms with Crippen LogP contribution in [0.1, 0.15) is 45.6 Å². The second kappa shape index (κ2) is 8.40. The van der Waals surface area contributed by atoms with E-state index in [-0.39, 0.29) is 16.3 Å². The molecule has 0 saturated heterocycles. The molecule has 0 bridgehead atoms. The van der Waals surface area contributed by atoms with Gasteiger partial charge in [-0.15, -0.1) is 0 Å². The lowest BCUT2D eigenvalue weighted by molar-refractivity contribution is -0.123. The van der Waals surface area contributed by atoms with Gasteiger partial charge in [-0.05, 0) is 53.8 Å². The molecule has 3 N–H and O–H groups in total. The van der Waals surface area contributed by atoms with Crippen molar-refractivity contribution < 1.29 is 19.1 Å². The van der Waals surface area contributed by atoms with E-state index in [4.69, 9.17) is 17.3 Å². The van der Waals surface area contributed by atoms with Crippen molar-refractivity contribution in [1.82, 2.24) is 4.90 Å². The highest BCUT2D eigenvalue weighted by molar-refractivity contribution is 6.30. The van der Waals surface area contributed by atoms with Crippen LogP contribution in [0.2, 0.25) is 5.02 Å². The molecular weight excluding hydrogens is 419 g/mol. The van der Waals surface area contributed by atoms with Gasteiger partial charge in [-0.1, -0.05) is 54.1 Å². The van der Waals surface area contributed by atoms with Crippen LogP contribution in [-0.2, 0) is 11.2 Å². The number of nitrogens with two attached hydrogens (primary N) is 1. The Morgan fingerprint density at radius 3 is 2.45 bits per heavy atom. The fourth-order valence-corrected chi connectivity index (χ4v) is 4.45. The highest BCUT2D eigenvalue weighted by Crippen LogP contribution is 2.43. The molecule has 3 aromatic carbocycles. The molecule has 0 aromatic heterocycles. The maximum absolute atomic E-state index is 14.5. The van der Waals surface area contributed by atoms with Gasteiger partial charge in [0.25, 0.3) is 5.91 Å². The number of aromatic hydroxyl groups is 1. The SMILES string of the molecule is NC(=O)C(c1ccccc1)N(C(=O)c1ccccc1O)[C@@H]1CCc2c(F)cc(Cl)cc21. The Kier molecular flexibility index (Phi) is 5.65. The second-order valence-electron chi connectivity index (χ2n) is 7.46. The van der Waals surface area contributed by atoms with Gasteiger partial charge in [0.15, 0.2) is 0 Å². The highest BCUT2D eigenvalue weighted by atomic mass is 35.5. The van der Waals surface area contributed by atoms with E-state index in [0.717, 1.165) is 0 Å².